The Morgan fingerprint density at radius 2 is 2.11 bits per heavy atom. The van der Waals surface area contributed by atoms with Crippen molar-refractivity contribution >= 4 is 0 Å². The first-order valence-corrected chi connectivity index (χ1v) is 7.19. The van der Waals surface area contributed by atoms with Crippen LogP contribution in [0.15, 0.2) is 12.2 Å². The first-order chi connectivity index (χ1) is 8.70. The van der Waals surface area contributed by atoms with Crippen LogP contribution in [0.25, 0.3) is 0 Å². The summed E-state index contributed by atoms with van der Waals surface area (Å²) in [6.45, 7) is 4.91. The SMILES string of the molecule is CCCCCC/C=C/[C@@H]1OC[C@H](C)[C@H](OC)[C@H]1O. The maximum atomic E-state index is 10.1. The molecule has 0 amide bonds. The maximum Gasteiger partial charge on any atom is 0.110 e. The minimum absolute atomic E-state index is 0.117. The Morgan fingerprint density at radius 1 is 1.33 bits per heavy atom. The van der Waals surface area contributed by atoms with Gasteiger partial charge in [-0.1, -0.05) is 45.3 Å². The van der Waals surface area contributed by atoms with E-state index in [1.54, 1.807) is 7.11 Å². The summed E-state index contributed by atoms with van der Waals surface area (Å²) in [5.41, 5.74) is 0. The Kier molecular flexibility index (Phi) is 7.56. The summed E-state index contributed by atoms with van der Waals surface area (Å²) in [6.07, 6.45) is 9.39. The van der Waals surface area contributed by atoms with Gasteiger partial charge in [-0.2, -0.15) is 0 Å². The van der Waals surface area contributed by atoms with E-state index in [9.17, 15) is 5.11 Å². The molecule has 18 heavy (non-hydrogen) atoms. The van der Waals surface area contributed by atoms with Crippen molar-refractivity contribution in [2.75, 3.05) is 13.7 Å². The number of ether oxygens (including phenoxy) is 2. The van der Waals surface area contributed by atoms with Gasteiger partial charge in [-0.25, -0.2) is 0 Å². The molecule has 0 aromatic carbocycles. The van der Waals surface area contributed by atoms with Gasteiger partial charge in [-0.15, -0.1) is 0 Å². The van der Waals surface area contributed by atoms with Gasteiger partial charge in [0.05, 0.1) is 12.7 Å². The minimum Gasteiger partial charge on any atom is -0.387 e. The van der Waals surface area contributed by atoms with Crippen molar-refractivity contribution in [3.05, 3.63) is 12.2 Å². The summed E-state index contributed by atoms with van der Waals surface area (Å²) in [7, 11) is 1.65. The fourth-order valence-electron chi connectivity index (χ4n) is 2.44. The van der Waals surface area contributed by atoms with Crippen LogP contribution in [0, 0.1) is 5.92 Å². The molecule has 3 nitrogen and oxygen atoms in total. The highest BCUT2D eigenvalue weighted by atomic mass is 16.5. The van der Waals surface area contributed by atoms with Crippen LogP contribution in [-0.2, 0) is 9.47 Å². The van der Waals surface area contributed by atoms with Gasteiger partial charge < -0.3 is 14.6 Å². The monoisotopic (exact) mass is 256 g/mol. The van der Waals surface area contributed by atoms with E-state index in [0.29, 0.717) is 6.61 Å². The quantitative estimate of drug-likeness (QED) is 0.562. The highest BCUT2D eigenvalue weighted by molar-refractivity contribution is 4.99. The molecule has 1 heterocycles. The fraction of sp³-hybridized carbons (Fsp3) is 0.867. The average molecular weight is 256 g/mol. The predicted molar refractivity (Wildman–Crippen MR) is 73.6 cm³/mol. The van der Waals surface area contributed by atoms with Gasteiger partial charge in [-0.05, 0) is 12.8 Å². The molecule has 106 valence electrons. The Labute approximate surface area is 111 Å². The number of aliphatic hydroxyl groups is 1. The van der Waals surface area contributed by atoms with E-state index in [-0.39, 0.29) is 18.1 Å². The van der Waals surface area contributed by atoms with Crippen molar-refractivity contribution in [3.8, 4) is 0 Å². The van der Waals surface area contributed by atoms with Crippen molar-refractivity contribution in [2.45, 2.75) is 64.3 Å². The highest BCUT2D eigenvalue weighted by Gasteiger charge is 2.35. The lowest BCUT2D eigenvalue weighted by Gasteiger charge is -2.36. The van der Waals surface area contributed by atoms with Gasteiger partial charge in [0.2, 0.25) is 0 Å². The molecular formula is C15H28O3. The summed E-state index contributed by atoms with van der Waals surface area (Å²) in [5, 5.41) is 10.1. The van der Waals surface area contributed by atoms with Crippen LogP contribution < -0.4 is 0 Å². The molecule has 3 heteroatoms. The van der Waals surface area contributed by atoms with Crippen LogP contribution >= 0.6 is 0 Å². The zero-order valence-electron chi connectivity index (χ0n) is 12.0. The molecular weight excluding hydrogens is 228 g/mol. The van der Waals surface area contributed by atoms with Crippen LogP contribution in [-0.4, -0.2) is 37.1 Å². The van der Waals surface area contributed by atoms with Crippen molar-refractivity contribution in [3.63, 3.8) is 0 Å². The molecule has 0 unspecified atom stereocenters. The average Bonchev–Trinajstić information content (AvgIpc) is 2.36. The number of unbranched alkanes of at least 4 members (excludes halogenated alkanes) is 4. The van der Waals surface area contributed by atoms with E-state index in [4.69, 9.17) is 9.47 Å². The number of aliphatic hydroxyl groups excluding tert-OH is 1. The molecule has 4 atom stereocenters. The van der Waals surface area contributed by atoms with Crippen LogP contribution in [0.5, 0.6) is 0 Å². The van der Waals surface area contributed by atoms with Crippen LogP contribution in [0.2, 0.25) is 0 Å². The second-order valence-corrected chi connectivity index (χ2v) is 5.24. The molecule has 1 aliphatic rings. The fourth-order valence-corrected chi connectivity index (χ4v) is 2.44. The van der Waals surface area contributed by atoms with Crippen LogP contribution in [0.4, 0.5) is 0 Å². The minimum atomic E-state index is -0.550. The molecule has 0 bridgehead atoms. The molecule has 0 aromatic heterocycles. The topological polar surface area (TPSA) is 38.7 Å². The van der Waals surface area contributed by atoms with E-state index in [2.05, 4.69) is 13.0 Å². The van der Waals surface area contributed by atoms with E-state index < -0.39 is 6.10 Å². The van der Waals surface area contributed by atoms with Gasteiger partial charge in [-0.3, -0.25) is 0 Å². The van der Waals surface area contributed by atoms with Crippen LogP contribution in [0.3, 0.4) is 0 Å². The summed E-state index contributed by atoms with van der Waals surface area (Å²) >= 11 is 0. The molecule has 0 spiro atoms. The highest BCUT2D eigenvalue weighted by Crippen LogP contribution is 2.23. The summed E-state index contributed by atoms with van der Waals surface area (Å²) < 4.78 is 11.0. The Balaban J connectivity index is 2.30. The Bertz CT molecular complexity index is 240. The van der Waals surface area contributed by atoms with Gasteiger partial charge >= 0.3 is 0 Å². The van der Waals surface area contributed by atoms with E-state index in [1.165, 1.54) is 25.7 Å². The van der Waals surface area contributed by atoms with Gasteiger partial charge in [0.25, 0.3) is 0 Å². The third kappa shape index (κ3) is 4.71. The second-order valence-electron chi connectivity index (χ2n) is 5.24. The molecule has 1 fully saturated rings. The molecule has 1 rings (SSSR count). The smallest absolute Gasteiger partial charge is 0.110 e. The lowest BCUT2D eigenvalue weighted by molar-refractivity contribution is -0.155. The van der Waals surface area contributed by atoms with Crippen LogP contribution in [0.1, 0.15) is 46.0 Å². The first kappa shape index (κ1) is 15.7. The number of hydrogen-bond donors (Lipinski definition) is 1. The largest absolute Gasteiger partial charge is 0.387 e. The van der Waals surface area contributed by atoms with Gasteiger partial charge in [0.1, 0.15) is 12.2 Å². The maximum absolute atomic E-state index is 10.1. The first-order valence-electron chi connectivity index (χ1n) is 7.19. The third-order valence-corrected chi connectivity index (χ3v) is 3.61. The summed E-state index contributed by atoms with van der Waals surface area (Å²) in [4.78, 5) is 0. The number of methoxy groups -OCH3 is 1. The second kappa shape index (κ2) is 8.68. The van der Waals surface area contributed by atoms with Crippen molar-refractivity contribution in [2.24, 2.45) is 5.92 Å². The molecule has 0 aliphatic carbocycles. The Hall–Kier alpha value is -0.380. The van der Waals surface area contributed by atoms with Crippen molar-refractivity contribution in [1.82, 2.24) is 0 Å². The number of rotatable bonds is 7. The van der Waals surface area contributed by atoms with Crippen molar-refractivity contribution in [1.29, 1.82) is 0 Å². The van der Waals surface area contributed by atoms with E-state index in [0.717, 1.165) is 6.42 Å². The molecule has 0 aromatic rings. The lowest BCUT2D eigenvalue weighted by atomic mass is 9.93. The predicted octanol–water partition coefficient (Wildman–Crippen LogP) is 2.92. The summed E-state index contributed by atoms with van der Waals surface area (Å²) in [5.74, 6) is 0.249. The van der Waals surface area contributed by atoms with Gasteiger partial charge in [0, 0.05) is 13.0 Å². The number of allylic oxidation sites excluding steroid dienone is 1. The standard InChI is InChI=1S/C15H28O3/c1-4-5-6-7-8-9-10-13-14(16)15(17-3)12(2)11-18-13/h9-10,12-16H,4-8,11H2,1-3H3/b10-9+/t12-,13-,14-,15-/m0/s1. The zero-order valence-corrected chi connectivity index (χ0v) is 12.0. The molecule has 1 N–H and O–H groups in total. The number of hydrogen-bond acceptors (Lipinski definition) is 3. The molecule has 1 saturated heterocycles. The Morgan fingerprint density at radius 3 is 2.78 bits per heavy atom. The normalized spacial score (nSPS) is 33.1. The molecule has 1 aliphatic heterocycles. The van der Waals surface area contributed by atoms with E-state index >= 15 is 0 Å². The molecule has 0 saturated carbocycles. The third-order valence-electron chi connectivity index (χ3n) is 3.61. The van der Waals surface area contributed by atoms with Crippen molar-refractivity contribution < 1.29 is 14.6 Å². The lowest BCUT2D eigenvalue weighted by Crippen LogP contribution is -2.49. The van der Waals surface area contributed by atoms with E-state index in [1.807, 2.05) is 13.0 Å². The summed E-state index contributed by atoms with van der Waals surface area (Å²) in [6, 6.07) is 0. The van der Waals surface area contributed by atoms with Gasteiger partial charge in [0.15, 0.2) is 0 Å². The zero-order chi connectivity index (χ0) is 13.4. The molecule has 0 radical (unpaired) electrons.